The van der Waals surface area contributed by atoms with Gasteiger partial charge in [-0.15, -0.1) is 0 Å². The van der Waals surface area contributed by atoms with E-state index in [1.54, 1.807) is 32.0 Å². The van der Waals surface area contributed by atoms with Crippen LogP contribution in [0, 0.1) is 29.4 Å². The van der Waals surface area contributed by atoms with Gasteiger partial charge < -0.3 is 10.5 Å². The molecule has 0 amide bonds. The molecule has 7 heteroatoms. The van der Waals surface area contributed by atoms with Crippen molar-refractivity contribution in [1.29, 1.82) is 5.41 Å². The van der Waals surface area contributed by atoms with Crippen LogP contribution in [-0.4, -0.2) is 15.7 Å². The Hall–Kier alpha value is -2.96. The fourth-order valence-electron chi connectivity index (χ4n) is 1.84. The van der Waals surface area contributed by atoms with Crippen LogP contribution in [0.5, 0.6) is 11.6 Å². The number of amidine groups is 1. The molecule has 2 aromatic rings. The van der Waals surface area contributed by atoms with Crippen LogP contribution in [-0.2, 0) is 0 Å². The Labute approximate surface area is 121 Å². The summed E-state index contributed by atoms with van der Waals surface area (Å²) < 4.78 is 5.56. The number of hydrogen-bond donors (Lipinski definition) is 2. The number of nitrogen functional groups attached to an aromatic ring is 1. The summed E-state index contributed by atoms with van der Waals surface area (Å²) in [5, 5.41) is 18.2. The molecule has 0 fully saturated rings. The van der Waals surface area contributed by atoms with Crippen molar-refractivity contribution in [3.63, 3.8) is 0 Å². The summed E-state index contributed by atoms with van der Waals surface area (Å²) in [6, 6.07) is 6.23. The van der Waals surface area contributed by atoms with Gasteiger partial charge in [0.05, 0.1) is 11.0 Å². The molecule has 0 unspecified atom stereocenters. The van der Waals surface area contributed by atoms with Gasteiger partial charge in [0.15, 0.2) is 0 Å². The SMILES string of the molecule is Cc1cc(C)c([N+](=O)[O-])cc1Oc1ccc(C(=N)N)cn1. The van der Waals surface area contributed by atoms with Crippen molar-refractivity contribution in [2.24, 2.45) is 5.73 Å². The Balaban J connectivity index is 2.32. The first-order chi connectivity index (χ1) is 9.88. The van der Waals surface area contributed by atoms with Gasteiger partial charge in [0.1, 0.15) is 11.6 Å². The van der Waals surface area contributed by atoms with Gasteiger partial charge in [0.2, 0.25) is 5.88 Å². The third kappa shape index (κ3) is 3.14. The Morgan fingerprint density at radius 3 is 2.57 bits per heavy atom. The van der Waals surface area contributed by atoms with E-state index in [4.69, 9.17) is 15.9 Å². The summed E-state index contributed by atoms with van der Waals surface area (Å²) in [4.78, 5) is 14.5. The van der Waals surface area contributed by atoms with E-state index in [1.807, 2.05) is 0 Å². The molecule has 1 heterocycles. The van der Waals surface area contributed by atoms with Gasteiger partial charge in [-0.05, 0) is 31.5 Å². The molecule has 3 N–H and O–H groups in total. The Morgan fingerprint density at radius 2 is 2.05 bits per heavy atom. The molecule has 0 saturated heterocycles. The van der Waals surface area contributed by atoms with Crippen LogP contribution in [0.2, 0.25) is 0 Å². The number of hydrogen-bond acceptors (Lipinski definition) is 5. The zero-order valence-corrected chi connectivity index (χ0v) is 11.6. The first-order valence-electron chi connectivity index (χ1n) is 6.12. The van der Waals surface area contributed by atoms with E-state index >= 15 is 0 Å². The average molecular weight is 286 g/mol. The Morgan fingerprint density at radius 1 is 1.33 bits per heavy atom. The molecule has 1 aromatic heterocycles. The normalized spacial score (nSPS) is 10.2. The van der Waals surface area contributed by atoms with Crippen LogP contribution in [0.1, 0.15) is 16.7 Å². The number of nitrogens with zero attached hydrogens (tertiary/aromatic N) is 2. The minimum atomic E-state index is -0.450. The van der Waals surface area contributed by atoms with Crippen LogP contribution in [0.25, 0.3) is 0 Å². The maximum absolute atomic E-state index is 11.0. The van der Waals surface area contributed by atoms with Crippen molar-refractivity contribution in [2.45, 2.75) is 13.8 Å². The summed E-state index contributed by atoms with van der Waals surface area (Å²) in [5.41, 5.74) is 7.16. The number of rotatable bonds is 4. The first kappa shape index (κ1) is 14.4. The summed E-state index contributed by atoms with van der Waals surface area (Å²) in [5.74, 6) is 0.563. The standard InChI is InChI=1S/C14H14N4O3/c1-8-5-9(2)12(6-11(8)18(19)20)21-13-4-3-10(7-17-13)14(15)16/h3-7H,1-2H3,(H3,15,16). The van der Waals surface area contributed by atoms with Gasteiger partial charge in [-0.3, -0.25) is 15.5 Å². The highest BCUT2D eigenvalue weighted by molar-refractivity contribution is 5.94. The van der Waals surface area contributed by atoms with E-state index in [2.05, 4.69) is 4.98 Å². The lowest BCUT2D eigenvalue weighted by atomic mass is 10.1. The molecule has 7 nitrogen and oxygen atoms in total. The molecule has 0 saturated carbocycles. The third-order valence-corrected chi connectivity index (χ3v) is 2.95. The fraction of sp³-hybridized carbons (Fsp3) is 0.143. The highest BCUT2D eigenvalue weighted by atomic mass is 16.6. The van der Waals surface area contributed by atoms with Crippen molar-refractivity contribution in [2.75, 3.05) is 0 Å². The van der Waals surface area contributed by atoms with Crippen LogP contribution >= 0.6 is 0 Å². The lowest BCUT2D eigenvalue weighted by Gasteiger charge is -2.09. The van der Waals surface area contributed by atoms with Gasteiger partial charge >= 0.3 is 0 Å². The smallest absolute Gasteiger partial charge is 0.276 e. The first-order valence-corrected chi connectivity index (χ1v) is 6.12. The van der Waals surface area contributed by atoms with Gasteiger partial charge in [0.25, 0.3) is 5.69 Å². The van der Waals surface area contributed by atoms with E-state index in [0.29, 0.717) is 16.9 Å². The van der Waals surface area contributed by atoms with Crippen LogP contribution < -0.4 is 10.5 Å². The Kier molecular flexibility index (Phi) is 3.84. The second-order valence-corrected chi connectivity index (χ2v) is 4.56. The minimum absolute atomic E-state index is 0.00374. The number of nitro benzene ring substituents is 1. The predicted molar refractivity (Wildman–Crippen MR) is 77.9 cm³/mol. The number of nitrogens with two attached hydrogens (primary N) is 1. The lowest BCUT2D eigenvalue weighted by Crippen LogP contribution is -2.11. The summed E-state index contributed by atoms with van der Waals surface area (Å²) >= 11 is 0. The molecule has 0 aliphatic heterocycles. The average Bonchev–Trinajstić information content (AvgIpc) is 2.42. The molecule has 0 aliphatic carbocycles. The second-order valence-electron chi connectivity index (χ2n) is 4.56. The fourth-order valence-corrected chi connectivity index (χ4v) is 1.84. The summed E-state index contributed by atoms with van der Waals surface area (Å²) in [6.07, 6.45) is 1.41. The predicted octanol–water partition coefficient (Wildman–Crippen LogP) is 2.68. The Bertz CT molecular complexity index is 711. The number of aryl methyl sites for hydroxylation is 2. The van der Waals surface area contributed by atoms with E-state index in [9.17, 15) is 10.1 Å². The number of pyridine rings is 1. The van der Waals surface area contributed by atoms with Gasteiger partial charge in [0, 0.05) is 23.4 Å². The van der Waals surface area contributed by atoms with Crippen molar-refractivity contribution < 1.29 is 9.66 Å². The molecular weight excluding hydrogens is 272 g/mol. The molecule has 0 spiro atoms. The van der Waals surface area contributed by atoms with Crippen LogP contribution in [0.15, 0.2) is 30.5 Å². The molecule has 21 heavy (non-hydrogen) atoms. The minimum Gasteiger partial charge on any atom is -0.439 e. The number of nitrogens with one attached hydrogen (secondary N) is 1. The second kappa shape index (κ2) is 5.58. The zero-order valence-electron chi connectivity index (χ0n) is 11.6. The van der Waals surface area contributed by atoms with Crippen molar-refractivity contribution in [3.8, 4) is 11.6 Å². The largest absolute Gasteiger partial charge is 0.439 e. The van der Waals surface area contributed by atoms with E-state index < -0.39 is 4.92 Å². The molecule has 0 aliphatic rings. The van der Waals surface area contributed by atoms with E-state index in [0.717, 1.165) is 5.56 Å². The van der Waals surface area contributed by atoms with Crippen LogP contribution in [0.3, 0.4) is 0 Å². The molecular formula is C14H14N4O3. The molecule has 0 atom stereocenters. The number of nitro groups is 1. The maximum atomic E-state index is 11.0. The van der Waals surface area contributed by atoms with Crippen molar-refractivity contribution in [3.05, 3.63) is 57.3 Å². The highest BCUT2D eigenvalue weighted by Gasteiger charge is 2.15. The third-order valence-electron chi connectivity index (χ3n) is 2.95. The van der Waals surface area contributed by atoms with E-state index in [1.165, 1.54) is 12.3 Å². The number of ether oxygens (including phenoxy) is 1. The molecule has 0 bridgehead atoms. The van der Waals surface area contributed by atoms with Crippen LogP contribution in [0.4, 0.5) is 5.69 Å². The monoisotopic (exact) mass is 286 g/mol. The van der Waals surface area contributed by atoms with E-state index in [-0.39, 0.29) is 17.4 Å². The van der Waals surface area contributed by atoms with Gasteiger partial charge in [-0.2, -0.15) is 0 Å². The topological polar surface area (TPSA) is 115 Å². The molecule has 0 radical (unpaired) electrons. The molecule has 108 valence electrons. The van der Waals surface area contributed by atoms with Crippen molar-refractivity contribution >= 4 is 11.5 Å². The quantitative estimate of drug-likeness (QED) is 0.388. The summed E-state index contributed by atoms with van der Waals surface area (Å²) in [6.45, 7) is 3.48. The number of aromatic nitrogens is 1. The van der Waals surface area contributed by atoms with Gasteiger partial charge in [-0.1, -0.05) is 0 Å². The highest BCUT2D eigenvalue weighted by Crippen LogP contribution is 2.30. The molecule has 2 rings (SSSR count). The summed E-state index contributed by atoms with van der Waals surface area (Å²) in [7, 11) is 0. The van der Waals surface area contributed by atoms with Crippen molar-refractivity contribution in [1.82, 2.24) is 4.98 Å². The van der Waals surface area contributed by atoms with Gasteiger partial charge in [-0.25, -0.2) is 4.98 Å². The maximum Gasteiger partial charge on any atom is 0.276 e. The lowest BCUT2D eigenvalue weighted by molar-refractivity contribution is -0.385. The molecule has 1 aromatic carbocycles. The zero-order chi connectivity index (χ0) is 15.6. The number of benzene rings is 1.